The highest BCUT2D eigenvalue weighted by Gasteiger charge is 2.41. The molecule has 1 fully saturated rings. The highest BCUT2D eigenvalue weighted by atomic mass is 19.2. The Bertz CT molecular complexity index is 122. The minimum atomic E-state index is -1.86. The van der Waals surface area contributed by atoms with Gasteiger partial charge in [0.1, 0.15) is 0 Å². The van der Waals surface area contributed by atoms with Gasteiger partial charge in [-0.2, -0.15) is 0 Å². The summed E-state index contributed by atoms with van der Waals surface area (Å²) in [7, 11) is 0. The Hall–Kier alpha value is -0.110. The Morgan fingerprint density at radius 2 is 2.20 bits per heavy atom. The molecular weight excluding hydrogens is 131 g/mol. The van der Waals surface area contributed by atoms with Gasteiger partial charge < -0.3 is 5.11 Å². The van der Waals surface area contributed by atoms with Crippen molar-refractivity contribution >= 4 is 0 Å². The zero-order chi connectivity index (χ0) is 7.78. The lowest BCUT2D eigenvalue weighted by Gasteiger charge is -2.10. The molecule has 0 aromatic rings. The summed E-state index contributed by atoms with van der Waals surface area (Å²) < 4.78 is 12.9. The van der Waals surface area contributed by atoms with E-state index in [1.54, 1.807) is 0 Å². The molecule has 1 N–H and O–H groups in total. The second-order valence-corrected chi connectivity index (χ2v) is 3.47. The van der Waals surface area contributed by atoms with Crippen LogP contribution in [0, 0.1) is 11.8 Å². The van der Waals surface area contributed by atoms with Crippen LogP contribution in [0.25, 0.3) is 0 Å². The maximum absolute atomic E-state index is 12.9. The average Bonchev–Trinajstić information content (AvgIpc) is 2.05. The Kier molecular flexibility index (Phi) is 1.99. The molecule has 0 aliphatic heterocycles. The standard InChI is InChI=1S/C8H15FO/c1-3-7-5-8(9,10)4-6(7)2/h6-7,10H,3-5H2,1-2H3/t6?,7-,8-/m0/s1. The molecule has 1 aliphatic carbocycles. The average molecular weight is 146 g/mol. The maximum atomic E-state index is 12.9. The molecule has 0 spiro atoms. The molecule has 60 valence electrons. The van der Waals surface area contributed by atoms with Crippen molar-refractivity contribution in [2.75, 3.05) is 0 Å². The lowest BCUT2D eigenvalue weighted by molar-refractivity contribution is -0.0851. The monoisotopic (exact) mass is 146 g/mol. The molecule has 10 heavy (non-hydrogen) atoms. The summed E-state index contributed by atoms with van der Waals surface area (Å²) in [6.07, 6.45) is 1.64. The highest BCUT2D eigenvalue weighted by Crippen LogP contribution is 2.41. The molecule has 0 aromatic heterocycles. The van der Waals surface area contributed by atoms with Crippen molar-refractivity contribution < 1.29 is 9.50 Å². The van der Waals surface area contributed by atoms with E-state index in [-0.39, 0.29) is 0 Å². The predicted octanol–water partition coefficient (Wildman–Crippen LogP) is 2.10. The SMILES string of the molecule is CC[C@H]1C[C@](O)(F)CC1C. The molecule has 0 saturated heterocycles. The van der Waals surface area contributed by atoms with Gasteiger partial charge in [-0.05, 0) is 11.8 Å². The van der Waals surface area contributed by atoms with Crippen LogP contribution in [-0.4, -0.2) is 11.0 Å². The second kappa shape index (κ2) is 2.50. The smallest absolute Gasteiger partial charge is 0.207 e. The fraction of sp³-hybridized carbons (Fsp3) is 1.00. The number of rotatable bonds is 1. The first-order valence-corrected chi connectivity index (χ1v) is 3.96. The van der Waals surface area contributed by atoms with E-state index in [2.05, 4.69) is 0 Å². The minimum Gasteiger partial charge on any atom is -0.362 e. The zero-order valence-corrected chi connectivity index (χ0v) is 6.60. The van der Waals surface area contributed by atoms with Crippen molar-refractivity contribution in [2.45, 2.75) is 39.0 Å². The molecule has 3 atom stereocenters. The summed E-state index contributed by atoms with van der Waals surface area (Å²) in [5, 5.41) is 9.00. The lowest BCUT2D eigenvalue weighted by atomic mass is 9.96. The molecule has 0 amide bonds. The molecule has 1 unspecified atom stereocenters. The van der Waals surface area contributed by atoms with Crippen LogP contribution in [0.15, 0.2) is 0 Å². The Morgan fingerprint density at radius 1 is 1.60 bits per heavy atom. The van der Waals surface area contributed by atoms with Crippen LogP contribution in [-0.2, 0) is 0 Å². The topological polar surface area (TPSA) is 20.2 Å². The molecule has 2 heteroatoms. The molecule has 1 aliphatic rings. The number of hydrogen-bond acceptors (Lipinski definition) is 1. The Labute approximate surface area is 61.2 Å². The van der Waals surface area contributed by atoms with Gasteiger partial charge in [0.05, 0.1) is 0 Å². The molecule has 1 rings (SSSR count). The summed E-state index contributed by atoms with van der Waals surface area (Å²) >= 11 is 0. The van der Waals surface area contributed by atoms with Crippen molar-refractivity contribution in [3.63, 3.8) is 0 Å². The third-order valence-electron chi connectivity index (χ3n) is 2.54. The van der Waals surface area contributed by atoms with Crippen molar-refractivity contribution in [2.24, 2.45) is 11.8 Å². The van der Waals surface area contributed by atoms with E-state index in [1.165, 1.54) is 0 Å². The van der Waals surface area contributed by atoms with Crippen LogP contribution in [0.1, 0.15) is 33.1 Å². The van der Waals surface area contributed by atoms with Gasteiger partial charge in [-0.25, -0.2) is 4.39 Å². The quantitative estimate of drug-likeness (QED) is 0.600. The molecular formula is C8H15FO. The van der Waals surface area contributed by atoms with Crippen molar-refractivity contribution in [3.8, 4) is 0 Å². The van der Waals surface area contributed by atoms with Crippen LogP contribution in [0.3, 0.4) is 0 Å². The number of alkyl halides is 1. The molecule has 0 heterocycles. The van der Waals surface area contributed by atoms with Crippen molar-refractivity contribution in [1.82, 2.24) is 0 Å². The fourth-order valence-electron chi connectivity index (χ4n) is 1.89. The Morgan fingerprint density at radius 3 is 2.40 bits per heavy atom. The Balaban J connectivity index is 2.52. The van der Waals surface area contributed by atoms with Gasteiger partial charge in [-0.3, -0.25) is 0 Å². The van der Waals surface area contributed by atoms with Crippen molar-refractivity contribution in [3.05, 3.63) is 0 Å². The summed E-state index contributed by atoms with van der Waals surface area (Å²) in [4.78, 5) is 0. The van der Waals surface area contributed by atoms with Crippen LogP contribution in [0.2, 0.25) is 0 Å². The van der Waals surface area contributed by atoms with Gasteiger partial charge in [0, 0.05) is 12.8 Å². The van der Waals surface area contributed by atoms with E-state index >= 15 is 0 Å². The lowest BCUT2D eigenvalue weighted by Crippen LogP contribution is -2.16. The van der Waals surface area contributed by atoms with E-state index in [9.17, 15) is 4.39 Å². The van der Waals surface area contributed by atoms with Gasteiger partial charge >= 0.3 is 0 Å². The summed E-state index contributed by atoms with van der Waals surface area (Å²) in [5.41, 5.74) is 0. The molecule has 0 bridgehead atoms. The van der Waals surface area contributed by atoms with E-state index in [1.807, 2.05) is 13.8 Å². The summed E-state index contributed by atoms with van der Waals surface area (Å²) in [5.74, 6) is -1.13. The molecule has 1 saturated carbocycles. The van der Waals surface area contributed by atoms with Crippen LogP contribution in [0.5, 0.6) is 0 Å². The third kappa shape index (κ3) is 1.48. The highest BCUT2D eigenvalue weighted by molar-refractivity contribution is 4.84. The number of aliphatic hydroxyl groups is 1. The molecule has 0 radical (unpaired) electrons. The van der Waals surface area contributed by atoms with Gasteiger partial charge in [0.2, 0.25) is 5.85 Å². The zero-order valence-electron chi connectivity index (χ0n) is 6.60. The number of hydrogen-bond donors (Lipinski definition) is 1. The normalized spacial score (nSPS) is 48.0. The largest absolute Gasteiger partial charge is 0.362 e. The molecule has 1 nitrogen and oxygen atoms in total. The van der Waals surface area contributed by atoms with Crippen LogP contribution >= 0.6 is 0 Å². The first-order valence-electron chi connectivity index (χ1n) is 3.96. The van der Waals surface area contributed by atoms with Gasteiger partial charge in [0.25, 0.3) is 0 Å². The minimum absolute atomic E-state index is 0.325. The van der Waals surface area contributed by atoms with Gasteiger partial charge in [-0.1, -0.05) is 20.3 Å². The molecule has 0 aromatic carbocycles. The van der Waals surface area contributed by atoms with E-state index < -0.39 is 5.85 Å². The van der Waals surface area contributed by atoms with Crippen molar-refractivity contribution in [1.29, 1.82) is 0 Å². The van der Waals surface area contributed by atoms with Crippen LogP contribution in [0.4, 0.5) is 4.39 Å². The predicted molar refractivity (Wildman–Crippen MR) is 38.2 cm³/mol. The van der Waals surface area contributed by atoms with Gasteiger partial charge in [0.15, 0.2) is 0 Å². The first kappa shape index (κ1) is 7.99. The van der Waals surface area contributed by atoms with Gasteiger partial charge in [-0.15, -0.1) is 0 Å². The van der Waals surface area contributed by atoms with E-state index in [4.69, 9.17) is 5.11 Å². The maximum Gasteiger partial charge on any atom is 0.207 e. The van der Waals surface area contributed by atoms with E-state index in [0.717, 1.165) is 6.42 Å². The second-order valence-electron chi connectivity index (χ2n) is 3.47. The number of halogens is 1. The van der Waals surface area contributed by atoms with E-state index in [0.29, 0.717) is 24.7 Å². The summed E-state index contributed by atoms with van der Waals surface area (Å²) in [6.45, 7) is 4.05. The fourth-order valence-corrected chi connectivity index (χ4v) is 1.89. The van der Waals surface area contributed by atoms with Crippen LogP contribution < -0.4 is 0 Å². The summed E-state index contributed by atoms with van der Waals surface area (Å²) in [6, 6.07) is 0. The first-order chi connectivity index (χ1) is 4.55. The third-order valence-corrected chi connectivity index (χ3v) is 2.54.